The molecule has 0 unspecified atom stereocenters. The number of aryl methyl sites for hydroxylation is 1. The SMILES string of the molecule is Cc1nc(Br)cc(CNC(=O)c2ccc(-c3ccc(NC(=O)OC(C)(C)C)cc3)cc2)n1. The van der Waals surface area contributed by atoms with Gasteiger partial charge in [-0.15, -0.1) is 0 Å². The normalized spacial score (nSPS) is 11.0. The lowest BCUT2D eigenvalue weighted by Crippen LogP contribution is -2.27. The van der Waals surface area contributed by atoms with Crippen LogP contribution in [0.5, 0.6) is 0 Å². The molecule has 8 heteroatoms. The molecule has 0 aliphatic carbocycles. The van der Waals surface area contributed by atoms with Crippen molar-refractivity contribution in [3.63, 3.8) is 0 Å². The van der Waals surface area contributed by atoms with Gasteiger partial charge in [0, 0.05) is 11.3 Å². The van der Waals surface area contributed by atoms with E-state index in [1.54, 1.807) is 25.1 Å². The zero-order valence-corrected chi connectivity index (χ0v) is 20.0. The quantitative estimate of drug-likeness (QED) is 0.455. The van der Waals surface area contributed by atoms with Gasteiger partial charge in [0.1, 0.15) is 16.0 Å². The molecule has 0 bridgehead atoms. The Bertz CT molecular complexity index is 1090. The second-order valence-electron chi connectivity index (χ2n) is 8.19. The molecule has 0 fully saturated rings. The fourth-order valence-electron chi connectivity index (χ4n) is 2.93. The molecule has 3 aromatic rings. The minimum Gasteiger partial charge on any atom is -0.444 e. The van der Waals surface area contributed by atoms with Crippen LogP contribution in [0, 0.1) is 6.92 Å². The third-order valence-corrected chi connectivity index (χ3v) is 4.71. The predicted molar refractivity (Wildman–Crippen MR) is 127 cm³/mol. The number of aromatic nitrogens is 2. The Balaban J connectivity index is 1.60. The van der Waals surface area contributed by atoms with Crippen LogP contribution in [0.3, 0.4) is 0 Å². The zero-order chi connectivity index (χ0) is 23.3. The second kappa shape index (κ2) is 9.91. The summed E-state index contributed by atoms with van der Waals surface area (Å²) in [5, 5.41) is 5.58. The predicted octanol–water partition coefficient (Wildman–Crippen LogP) is 5.49. The highest BCUT2D eigenvalue weighted by Gasteiger charge is 2.16. The maximum atomic E-state index is 12.5. The third kappa shape index (κ3) is 6.88. The number of hydrogen-bond donors (Lipinski definition) is 2. The van der Waals surface area contributed by atoms with Crippen molar-refractivity contribution in [3.05, 3.63) is 76.3 Å². The van der Waals surface area contributed by atoms with Gasteiger partial charge < -0.3 is 10.1 Å². The van der Waals surface area contributed by atoms with E-state index in [1.807, 2.05) is 57.2 Å². The van der Waals surface area contributed by atoms with Gasteiger partial charge in [0.15, 0.2) is 0 Å². The highest BCUT2D eigenvalue weighted by molar-refractivity contribution is 9.10. The number of carbonyl (C=O) groups excluding carboxylic acids is 2. The molecule has 7 nitrogen and oxygen atoms in total. The van der Waals surface area contributed by atoms with Crippen LogP contribution in [0.15, 0.2) is 59.2 Å². The van der Waals surface area contributed by atoms with Gasteiger partial charge >= 0.3 is 6.09 Å². The van der Waals surface area contributed by atoms with Crippen molar-refractivity contribution in [1.82, 2.24) is 15.3 Å². The highest BCUT2D eigenvalue weighted by Crippen LogP contribution is 2.22. The fraction of sp³-hybridized carbons (Fsp3) is 0.250. The molecule has 166 valence electrons. The molecule has 2 amide bonds. The standard InChI is InChI=1S/C24H25BrN4O3/c1-15-27-20(13-21(25)28-15)14-26-22(30)18-7-5-16(6-8-18)17-9-11-19(12-10-17)29-23(31)32-24(2,3)4/h5-13H,14H2,1-4H3,(H,26,30)(H,29,31). The molecule has 1 aromatic heterocycles. The largest absolute Gasteiger partial charge is 0.444 e. The van der Waals surface area contributed by atoms with Gasteiger partial charge in [-0.1, -0.05) is 24.3 Å². The Labute approximate surface area is 195 Å². The first-order valence-electron chi connectivity index (χ1n) is 10.1. The summed E-state index contributed by atoms with van der Waals surface area (Å²) in [4.78, 5) is 32.8. The average molecular weight is 497 g/mol. The zero-order valence-electron chi connectivity index (χ0n) is 18.4. The molecule has 2 N–H and O–H groups in total. The number of ether oxygens (including phenoxy) is 1. The lowest BCUT2D eigenvalue weighted by molar-refractivity contribution is 0.0635. The fourth-order valence-corrected chi connectivity index (χ4v) is 3.46. The molecule has 2 aromatic carbocycles. The summed E-state index contributed by atoms with van der Waals surface area (Å²) in [6.07, 6.45) is -0.495. The molecule has 0 atom stereocenters. The monoisotopic (exact) mass is 496 g/mol. The summed E-state index contributed by atoms with van der Waals surface area (Å²) in [6, 6.07) is 16.5. The molecule has 0 radical (unpaired) electrons. The van der Waals surface area contributed by atoms with E-state index in [4.69, 9.17) is 4.74 Å². The maximum absolute atomic E-state index is 12.5. The van der Waals surface area contributed by atoms with Gasteiger partial charge in [0.2, 0.25) is 0 Å². The Kier molecular flexibility index (Phi) is 7.25. The van der Waals surface area contributed by atoms with Crippen LogP contribution >= 0.6 is 15.9 Å². The van der Waals surface area contributed by atoms with Crippen LogP contribution < -0.4 is 10.6 Å². The molecule has 32 heavy (non-hydrogen) atoms. The first-order valence-corrected chi connectivity index (χ1v) is 10.9. The van der Waals surface area contributed by atoms with Crippen molar-refractivity contribution in [1.29, 1.82) is 0 Å². The van der Waals surface area contributed by atoms with E-state index in [0.29, 0.717) is 28.2 Å². The molecule has 0 saturated carbocycles. The van der Waals surface area contributed by atoms with Crippen LogP contribution in [0.25, 0.3) is 11.1 Å². The summed E-state index contributed by atoms with van der Waals surface area (Å²) >= 11 is 3.33. The lowest BCUT2D eigenvalue weighted by Gasteiger charge is -2.19. The number of anilines is 1. The Morgan fingerprint density at radius 2 is 1.56 bits per heavy atom. The number of amides is 2. The van der Waals surface area contributed by atoms with E-state index in [0.717, 1.165) is 16.8 Å². The lowest BCUT2D eigenvalue weighted by atomic mass is 10.0. The molecule has 0 saturated heterocycles. The molecular weight excluding hydrogens is 472 g/mol. The Hall–Kier alpha value is -3.26. The number of carbonyl (C=O) groups is 2. The number of rotatable bonds is 5. The van der Waals surface area contributed by atoms with E-state index in [9.17, 15) is 9.59 Å². The molecule has 0 aliphatic rings. The maximum Gasteiger partial charge on any atom is 0.412 e. The molecule has 0 aliphatic heterocycles. The number of nitrogens with one attached hydrogen (secondary N) is 2. The summed E-state index contributed by atoms with van der Waals surface area (Å²) < 4.78 is 5.94. The van der Waals surface area contributed by atoms with E-state index >= 15 is 0 Å². The molecular formula is C24H25BrN4O3. The van der Waals surface area contributed by atoms with Crippen LogP contribution in [0.4, 0.5) is 10.5 Å². The Morgan fingerprint density at radius 1 is 0.969 bits per heavy atom. The topological polar surface area (TPSA) is 93.2 Å². The summed E-state index contributed by atoms with van der Waals surface area (Å²) in [6.45, 7) is 7.56. The van der Waals surface area contributed by atoms with E-state index < -0.39 is 11.7 Å². The molecule has 0 spiro atoms. The number of nitrogens with zero attached hydrogens (tertiary/aromatic N) is 2. The molecule has 1 heterocycles. The van der Waals surface area contributed by atoms with Crippen LogP contribution in [-0.2, 0) is 11.3 Å². The van der Waals surface area contributed by atoms with Gasteiger partial charge in [-0.2, -0.15) is 0 Å². The first kappa shape index (κ1) is 23.4. The van der Waals surface area contributed by atoms with Crippen LogP contribution in [0.2, 0.25) is 0 Å². The third-order valence-electron chi connectivity index (χ3n) is 4.30. The highest BCUT2D eigenvalue weighted by atomic mass is 79.9. The van der Waals surface area contributed by atoms with Crippen molar-refractivity contribution in [2.24, 2.45) is 0 Å². The van der Waals surface area contributed by atoms with E-state index in [-0.39, 0.29) is 5.91 Å². The van der Waals surface area contributed by atoms with Gasteiger partial charge in [-0.25, -0.2) is 14.8 Å². The van der Waals surface area contributed by atoms with Gasteiger partial charge in [-0.05, 0) is 85.1 Å². The van der Waals surface area contributed by atoms with Crippen molar-refractivity contribution in [2.75, 3.05) is 5.32 Å². The molecule has 3 rings (SSSR count). The second-order valence-corrected chi connectivity index (χ2v) is 9.01. The van der Waals surface area contributed by atoms with E-state index in [1.165, 1.54) is 0 Å². The van der Waals surface area contributed by atoms with E-state index in [2.05, 4.69) is 36.5 Å². The van der Waals surface area contributed by atoms with Crippen molar-refractivity contribution in [3.8, 4) is 11.1 Å². The summed E-state index contributed by atoms with van der Waals surface area (Å²) in [7, 11) is 0. The minimum absolute atomic E-state index is 0.180. The van der Waals surface area contributed by atoms with Crippen molar-refractivity contribution >= 4 is 33.6 Å². The summed E-state index contributed by atoms with van der Waals surface area (Å²) in [5.41, 5.74) is 3.30. The number of halogens is 1. The first-order chi connectivity index (χ1) is 15.1. The van der Waals surface area contributed by atoms with Crippen LogP contribution in [0.1, 0.15) is 42.6 Å². The van der Waals surface area contributed by atoms with Gasteiger partial charge in [-0.3, -0.25) is 10.1 Å². The minimum atomic E-state index is -0.553. The van der Waals surface area contributed by atoms with Crippen molar-refractivity contribution in [2.45, 2.75) is 39.8 Å². The van der Waals surface area contributed by atoms with Crippen LogP contribution in [-0.4, -0.2) is 27.6 Å². The van der Waals surface area contributed by atoms with Gasteiger partial charge in [0.25, 0.3) is 5.91 Å². The Morgan fingerprint density at radius 3 is 2.12 bits per heavy atom. The average Bonchev–Trinajstić information content (AvgIpc) is 2.70. The number of hydrogen-bond acceptors (Lipinski definition) is 5. The van der Waals surface area contributed by atoms with Gasteiger partial charge in [0.05, 0.1) is 12.2 Å². The summed E-state index contributed by atoms with van der Waals surface area (Å²) in [5.74, 6) is 0.459. The number of benzene rings is 2. The smallest absolute Gasteiger partial charge is 0.412 e. The van der Waals surface area contributed by atoms with Crippen molar-refractivity contribution < 1.29 is 14.3 Å².